The molecule has 0 aromatic heterocycles. The normalized spacial score (nSPS) is 17.0. The quantitative estimate of drug-likeness (QED) is 0.807. The third-order valence-electron chi connectivity index (χ3n) is 4.49. The molecule has 0 N–H and O–H groups in total. The molecule has 0 spiro atoms. The Balaban J connectivity index is 1.77. The Kier molecular flexibility index (Phi) is 4.90. The van der Waals surface area contributed by atoms with E-state index in [4.69, 9.17) is 0 Å². The van der Waals surface area contributed by atoms with Crippen molar-refractivity contribution in [3.8, 4) is 6.07 Å². The third-order valence-corrected chi connectivity index (χ3v) is 4.49. The van der Waals surface area contributed by atoms with E-state index in [1.807, 2.05) is 6.07 Å². The van der Waals surface area contributed by atoms with E-state index >= 15 is 0 Å². The summed E-state index contributed by atoms with van der Waals surface area (Å²) in [6.45, 7) is 0.876. The van der Waals surface area contributed by atoms with E-state index in [1.165, 1.54) is 24.3 Å². The van der Waals surface area contributed by atoms with Crippen LogP contribution in [0, 0.1) is 23.1 Å². The Bertz CT molecular complexity index is 840. The standard InChI is InChI=1S/C20H17FN2O2/c21-17-9-7-14(8-10-17)19(24)16-5-3-11-23(13-16)20(25)18-6-2-1-4-15(18)12-22/h1-2,4,6-10,16H,3,5,11,13H2/t16-/m0/s1. The minimum Gasteiger partial charge on any atom is -0.338 e. The Morgan fingerprint density at radius 1 is 1.12 bits per heavy atom. The van der Waals surface area contributed by atoms with Gasteiger partial charge in [0.15, 0.2) is 5.78 Å². The average Bonchev–Trinajstić information content (AvgIpc) is 2.67. The largest absolute Gasteiger partial charge is 0.338 e. The Morgan fingerprint density at radius 2 is 1.84 bits per heavy atom. The second-order valence-electron chi connectivity index (χ2n) is 6.12. The van der Waals surface area contributed by atoms with Crippen molar-refractivity contribution in [3.05, 3.63) is 71.0 Å². The predicted octanol–water partition coefficient (Wildman–Crippen LogP) is 3.43. The van der Waals surface area contributed by atoms with E-state index in [-0.39, 0.29) is 23.4 Å². The SMILES string of the molecule is N#Cc1ccccc1C(=O)N1CCC[C@H](C(=O)c2ccc(F)cc2)C1. The fourth-order valence-corrected chi connectivity index (χ4v) is 3.16. The van der Waals surface area contributed by atoms with Crippen LogP contribution in [0.3, 0.4) is 0 Å². The number of halogens is 1. The molecule has 0 unspecified atom stereocenters. The van der Waals surface area contributed by atoms with Crippen molar-refractivity contribution in [1.82, 2.24) is 4.90 Å². The first-order valence-corrected chi connectivity index (χ1v) is 8.18. The molecule has 0 radical (unpaired) electrons. The number of nitrogens with zero attached hydrogens (tertiary/aromatic N) is 2. The molecule has 1 fully saturated rings. The van der Waals surface area contributed by atoms with Crippen molar-refractivity contribution in [1.29, 1.82) is 5.26 Å². The lowest BCUT2D eigenvalue weighted by Gasteiger charge is -2.32. The van der Waals surface area contributed by atoms with Crippen LogP contribution in [0.4, 0.5) is 4.39 Å². The van der Waals surface area contributed by atoms with E-state index in [0.717, 1.165) is 6.42 Å². The first kappa shape index (κ1) is 16.8. The zero-order valence-electron chi connectivity index (χ0n) is 13.6. The van der Waals surface area contributed by atoms with Gasteiger partial charge in [-0.15, -0.1) is 0 Å². The molecule has 1 aliphatic heterocycles. The predicted molar refractivity (Wildman–Crippen MR) is 90.5 cm³/mol. The number of benzene rings is 2. The number of Topliss-reactive ketones (excluding diaryl/α,β-unsaturated/α-hetero) is 1. The number of carbonyl (C=O) groups excluding carboxylic acids is 2. The van der Waals surface area contributed by atoms with Crippen molar-refractivity contribution >= 4 is 11.7 Å². The van der Waals surface area contributed by atoms with Crippen molar-refractivity contribution in [2.75, 3.05) is 13.1 Å². The van der Waals surface area contributed by atoms with Crippen molar-refractivity contribution in [2.24, 2.45) is 5.92 Å². The molecule has 25 heavy (non-hydrogen) atoms. The van der Waals surface area contributed by atoms with Gasteiger partial charge in [0.1, 0.15) is 5.82 Å². The van der Waals surface area contributed by atoms with E-state index < -0.39 is 0 Å². The topological polar surface area (TPSA) is 61.2 Å². The maximum atomic E-state index is 13.0. The Morgan fingerprint density at radius 3 is 2.56 bits per heavy atom. The smallest absolute Gasteiger partial charge is 0.255 e. The molecule has 1 atom stereocenters. The lowest BCUT2D eigenvalue weighted by atomic mass is 9.89. The molecule has 0 saturated carbocycles. The summed E-state index contributed by atoms with van der Waals surface area (Å²) in [5, 5.41) is 9.17. The summed E-state index contributed by atoms with van der Waals surface area (Å²) in [6, 6.07) is 14.2. The van der Waals surface area contributed by atoms with Crippen LogP contribution in [0.1, 0.15) is 39.1 Å². The summed E-state index contributed by atoms with van der Waals surface area (Å²) in [4.78, 5) is 27.0. The minimum absolute atomic E-state index is 0.0777. The summed E-state index contributed by atoms with van der Waals surface area (Å²) in [7, 11) is 0. The van der Waals surface area contributed by atoms with Gasteiger partial charge in [-0.05, 0) is 49.2 Å². The van der Waals surface area contributed by atoms with Crippen molar-refractivity contribution < 1.29 is 14.0 Å². The molecule has 4 nitrogen and oxygen atoms in total. The van der Waals surface area contributed by atoms with Crippen LogP contribution in [0.15, 0.2) is 48.5 Å². The monoisotopic (exact) mass is 336 g/mol. The number of nitriles is 1. The summed E-state index contributed by atoms with van der Waals surface area (Å²) in [6.07, 6.45) is 1.41. The third kappa shape index (κ3) is 3.58. The summed E-state index contributed by atoms with van der Waals surface area (Å²) < 4.78 is 13.0. The number of amides is 1. The molecule has 1 saturated heterocycles. The zero-order chi connectivity index (χ0) is 17.8. The molecular weight excluding hydrogens is 319 g/mol. The lowest BCUT2D eigenvalue weighted by molar-refractivity contribution is 0.0636. The second-order valence-corrected chi connectivity index (χ2v) is 6.12. The summed E-state index contributed by atoms with van der Waals surface area (Å²) in [5.41, 5.74) is 1.15. The molecule has 1 heterocycles. The lowest BCUT2D eigenvalue weighted by Crippen LogP contribution is -2.42. The van der Waals surface area contributed by atoms with E-state index in [0.29, 0.717) is 36.2 Å². The van der Waals surface area contributed by atoms with Gasteiger partial charge in [0.25, 0.3) is 5.91 Å². The molecular formula is C20H17FN2O2. The number of carbonyl (C=O) groups is 2. The van der Waals surface area contributed by atoms with Gasteiger partial charge in [0, 0.05) is 24.6 Å². The number of piperidine rings is 1. The Labute approximate surface area is 145 Å². The minimum atomic E-state index is -0.384. The summed E-state index contributed by atoms with van der Waals surface area (Å²) >= 11 is 0. The first-order chi connectivity index (χ1) is 12.1. The first-order valence-electron chi connectivity index (χ1n) is 8.18. The molecule has 3 rings (SSSR count). The van der Waals surface area contributed by atoms with Crippen LogP contribution in [0.25, 0.3) is 0 Å². The number of rotatable bonds is 3. The van der Waals surface area contributed by atoms with Gasteiger partial charge in [0.05, 0.1) is 17.2 Å². The Hall–Kier alpha value is -3.00. The highest BCUT2D eigenvalue weighted by Crippen LogP contribution is 2.23. The number of ketones is 1. The highest BCUT2D eigenvalue weighted by molar-refractivity contribution is 6.00. The van der Waals surface area contributed by atoms with Crippen LogP contribution < -0.4 is 0 Å². The highest BCUT2D eigenvalue weighted by Gasteiger charge is 2.30. The molecule has 2 aromatic rings. The van der Waals surface area contributed by atoms with Gasteiger partial charge in [-0.25, -0.2) is 4.39 Å². The van der Waals surface area contributed by atoms with E-state index in [1.54, 1.807) is 29.2 Å². The molecule has 0 aliphatic carbocycles. The van der Waals surface area contributed by atoms with Crippen molar-refractivity contribution in [2.45, 2.75) is 12.8 Å². The van der Waals surface area contributed by atoms with E-state index in [9.17, 15) is 19.2 Å². The maximum absolute atomic E-state index is 13.0. The van der Waals surface area contributed by atoms with Crippen LogP contribution in [0.5, 0.6) is 0 Å². The molecule has 2 aromatic carbocycles. The number of hydrogen-bond acceptors (Lipinski definition) is 3. The number of likely N-dealkylation sites (tertiary alicyclic amines) is 1. The average molecular weight is 336 g/mol. The van der Waals surface area contributed by atoms with Gasteiger partial charge in [-0.3, -0.25) is 9.59 Å². The van der Waals surface area contributed by atoms with Gasteiger partial charge >= 0.3 is 0 Å². The molecule has 5 heteroatoms. The fourth-order valence-electron chi connectivity index (χ4n) is 3.16. The van der Waals surface area contributed by atoms with E-state index in [2.05, 4.69) is 0 Å². The van der Waals surface area contributed by atoms with Gasteiger partial charge in [-0.2, -0.15) is 5.26 Å². The van der Waals surface area contributed by atoms with Crippen LogP contribution in [-0.2, 0) is 0 Å². The van der Waals surface area contributed by atoms with Gasteiger partial charge < -0.3 is 4.90 Å². The maximum Gasteiger partial charge on any atom is 0.255 e. The molecule has 126 valence electrons. The van der Waals surface area contributed by atoms with Gasteiger partial charge in [-0.1, -0.05) is 12.1 Å². The molecule has 0 bridgehead atoms. The number of hydrogen-bond donors (Lipinski definition) is 0. The fraction of sp³-hybridized carbons (Fsp3) is 0.250. The zero-order valence-corrected chi connectivity index (χ0v) is 13.6. The second kappa shape index (κ2) is 7.27. The summed E-state index contributed by atoms with van der Waals surface area (Å²) in [5.74, 6) is -0.998. The molecule has 1 amide bonds. The van der Waals surface area contributed by atoms with Crippen LogP contribution in [-0.4, -0.2) is 29.7 Å². The van der Waals surface area contributed by atoms with Crippen molar-refractivity contribution in [3.63, 3.8) is 0 Å². The highest BCUT2D eigenvalue weighted by atomic mass is 19.1. The van der Waals surface area contributed by atoms with Crippen LogP contribution in [0.2, 0.25) is 0 Å². The van der Waals surface area contributed by atoms with Gasteiger partial charge in [0.2, 0.25) is 0 Å². The molecule has 1 aliphatic rings. The van der Waals surface area contributed by atoms with Crippen LogP contribution >= 0.6 is 0 Å².